The minimum Gasteiger partial charge on any atom is -0.461 e. The number of aliphatic hydroxyl groups is 5. The molecule has 3 heterocycles. The molecule has 3 aliphatic heterocycles. The molecule has 0 spiro atoms. The molecule has 0 aromatic heterocycles. The number of nitrogens with two attached hydrogens (primary N) is 2. The van der Waals surface area contributed by atoms with E-state index in [-0.39, 0.29) is 118 Å². The van der Waals surface area contributed by atoms with Crippen LogP contribution in [0.2, 0.25) is 0 Å². The van der Waals surface area contributed by atoms with Gasteiger partial charge in [0.2, 0.25) is 41.7 Å². The lowest BCUT2D eigenvalue weighted by Crippen LogP contribution is -2.73. The molecule has 5 aromatic rings. The number of anilines is 3. The zero-order chi connectivity index (χ0) is 75.2. The monoisotopic (exact) mass is 1480 g/mol. The topological polar surface area (TPSA) is 417 Å². The Bertz CT molecular complexity index is 4020. The first kappa shape index (κ1) is 78.0. The van der Waals surface area contributed by atoms with E-state index in [0.29, 0.717) is 59.2 Å². The Morgan fingerprint density at radius 1 is 0.663 bits per heavy atom. The van der Waals surface area contributed by atoms with Crippen LogP contribution in [0.1, 0.15) is 108 Å². The van der Waals surface area contributed by atoms with Gasteiger partial charge < -0.3 is 102 Å². The third-order valence-corrected chi connectivity index (χ3v) is 21.3. The van der Waals surface area contributed by atoms with Crippen LogP contribution in [0.3, 0.4) is 0 Å². The number of nitrogens with zero attached hydrogens (tertiary/aromatic N) is 4. The molecule has 10 amide bonds. The van der Waals surface area contributed by atoms with Crippen molar-refractivity contribution in [2.75, 3.05) is 80.2 Å². The van der Waals surface area contributed by atoms with Crippen molar-refractivity contribution in [2.24, 2.45) is 34.1 Å². The van der Waals surface area contributed by atoms with Gasteiger partial charge in [0.1, 0.15) is 54.5 Å². The van der Waals surface area contributed by atoms with Crippen LogP contribution in [-0.2, 0) is 44.8 Å². The molecular formula is C73H93Cl2N11O18. The van der Waals surface area contributed by atoms with Gasteiger partial charge >= 0.3 is 18.2 Å². The number of fused-ring (bicyclic) bond motifs is 6. The number of urea groups is 1. The van der Waals surface area contributed by atoms with Crippen LogP contribution in [0.15, 0.2) is 84.9 Å². The number of carbonyl (C=O) groups is 9. The number of nitrogens with one attached hydrogen (secondary N) is 5. The largest absolute Gasteiger partial charge is 0.461 e. The van der Waals surface area contributed by atoms with Gasteiger partial charge in [-0.1, -0.05) is 81.4 Å². The lowest BCUT2D eigenvalue weighted by molar-refractivity contribution is -0.293. The summed E-state index contributed by atoms with van der Waals surface area (Å²) in [5, 5.41) is 68.6. The minimum absolute atomic E-state index is 0.0178. The van der Waals surface area contributed by atoms with E-state index < -0.39 is 120 Å². The number of halogens is 2. The van der Waals surface area contributed by atoms with Crippen LogP contribution in [0.25, 0.3) is 21.5 Å². The maximum atomic E-state index is 15.1. The number of benzene rings is 5. The van der Waals surface area contributed by atoms with E-state index in [1.807, 2.05) is 30.3 Å². The average Bonchev–Trinajstić information content (AvgIpc) is 0.906. The number of hydrogen-bond acceptors (Lipinski definition) is 19. The van der Waals surface area contributed by atoms with Crippen molar-refractivity contribution in [3.8, 4) is 11.5 Å². The number of aliphatic hydroxyl groups excluding tert-OH is 4. The van der Waals surface area contributed by atoms with Crippen molar-refractivity contribution in [2.45, 2.75) is 153 Å². The number of rotatable bonds is 30. The van der Waals surface area contributed by atoms with E-state index in [0.717, 1.165) is 21.9 Å². The van der Waals surface area contributed by atoms with Gasteiger partial charge in [0, 0.05) is 112 Å². The first-order chi connectivity index (χ1) is 49.5. The Kier molecular flexibility index (Phi) is 24.9. The lowest BCUT2D eigenvalue weighted by atomic mass is 9.34. The van der Waals surface area contributed by atoms with Crippen molar-refractivity contribution in [3.05, 3.63) is 102 Å². The fourth-order valence-corrected chi connectivity index (χ4v) is 15.3. The number of amides is 10. The molecule has 6 aliphatic rings. The Morgan fingerprint density at radius 3 is 1.72 bits per heavy atom. The normalized spacial score (nSPS) is 23.3. The molecule has 3 aliphatic carbocycles. The highest BCUT2D eigenvalue weighted by Crippen LogP contribution is 2.75. The molecule has 14 N–H and O–H groups in total. The minimum atomic E-state index is -1.93. The van der Waals surface area contributed by atoms with E-state index in [1.165, 1.54) is 37.7 Å². The maximum absolute atomic E-state index is 15.1. The Morgan fingerprint density at radius 2 is 1.19 bits per heavy atom. The number of ether oxygens (including phenoxy) is 4. The van der Waals surface area contributed by atoms with Crippen molar-refractivity contribution in [1.82, 2.24) is 31.1 Å². The number of unbranched alkanes of at least 4 members (excludes halogenated alkanes) is 1. The summed E-state index contributed by atoms with van der Waals surface area (Å²) >= 11 is 13.4. The van der Waals surface area contributed by atoms with Gasteiger partial charge in [-0.15, -0.1) is 23.2 Å². The van der Waals surface area contributed by atoms with Gasteiger partial charge in [-0.2, -0.15) is 0 Å². The molecule has 31 heteroatoms. The molecule has 3 saturated carbocycles. The first-order valence-electron chi connectivity index (χ1n) is 35.0. The van der Waals surface area contributed by atoms with Crippen LogP contribution in [0.4, 0.5) is 31.4 Å². The Labute approximate surface area is 611 Å². The van der Waals surface area contributed by atoms with Gasteiger partial charge in [-0.05, 0) is 103 Å². The molecule has 5 aromatic carbocycles. The zero-order valence-electron chi connectivity index (χ0n) is 58.9. The summed E-state index contributed by atoms with van der Waals surface area (Å²) in [5.74, 6) is -4.02. The number of alkyl halides is 2. The summed E-state index contributed by atoms with van der Waals surface area (Å²) < 4.78 is 24.0. The lowest BCUT2D eigenvalue weighted by Gasteiger charge is -2.69. The first-order valence-corrected chi connectivity index (χ1v) is 36.0. The van der Waals surface area contributed by atoms with E-state index >= 15 is 9.59 Å². The Balaban J connectivity index is 0.745. The summed E-state index contributed by atoms with van der Waals surface area (Å²) in [6, 6.07) is 20.5. The molecule has 104 heavy (non-hydrogen) atoms. The quantitative estimate of drug-likeness (QED) is 0.0169. The second kappa shape index (κ2) is 33.2. The molecule has 29 nitrogen and oxygen atoms in total. The summed E-state index contributed by atoms with van der Waals surface area (Å²) in [4.78, 5) is 128. The van der Waals surface area contributed by atoms with E-state index in [4.69, 9.17) is 53.6 Å². The molecule has 11 atom stereocenters. The van der Waals surface area contributed by atoms with Crippen molar-refractivity contribution in [3.63, 3.8) is 0 Å². The van der Waals surface area contributed by atoms with Crippen LogP contribution in [-0.4, -0.2) is 209 Å². The average molecular weight is 1480 g/mol. The van der Waals surface area contributed by atoms with Gasteiger partial charge in [0.05, 0.1) is 28.3 Å². The molecule has 2 bridgehead atoms. The van der Waals surface area contributed by atoms with Gasteiger partial charge in [-0.25, -0.2) is 14.4 Å². The predicted molar refractivity (Wildman–Crippen MR) is 386 cm³/mol. The van der Waals surface area contributed by atoms with Crippen LogP contribution >= 0.6 is 23.2 Å². The number of primary amides is 1. The highest BCUT2D eigenvalue weighted by atomic mass is 35.5. The standard InChI is InChI=1S/C73H93Cl2N11O18/c1-38(2)57(82-63(92)49(79-40(4)87)18-11-12-24-76)64(93)81-50(19-13-25-78-69(77)98)62(91)80-44-22-20-41(21-23-44)34-101-70(99)83(5)26-27-84(6)71(100)103-54-29-52-56(48-17-10-8-15-46(48)54)43(31-75)33-86(52)68(97)73-35-72(36-73,37-73)67(96)85-32-42(30-74)55-47-16-9-7-14-45(47)53(28-51(55)85)102-66-60(90)58(88)59(89)61(104-66)39(3)65(94)95/h7-10,14-17,20-23,28-29,38-39,42-43,49-50,57-61,65-66,88-90,94-95H,11-13,18-19,24-27,30-37,76H2,1-6H3,(H,79,87)(H,80,91)(H,81,93)(H,82,92)(H3,77,78,98)/t39-,42-,43-,49+,50?,57+,58+,59+,60-,61-,66-,72?,73?/m1/s1. The number of likely N-dealkylation sites (N-methyl/N-ethyl adjacent to an activating group) is 2. The Hall–Kier alpha value is -8.65. The van der Waals surface area contributed by atoms with E-state index in [1.54, 1.807) is 78.2 Å². The summed E-state index contributed by atoms with van der Waals surface area (Å²) in [5.41, 5.74) is 12.7. The number of hydrogen-bond donors (Lipinski definition) is 12. The maximum Gasteiger partial charge on any atom is 0.415 e. The fraction of sp³-hybridized carbons (Fsp3) is 0.521. The smallest absolute Gasteiger partial charge is 0.415 e. The van der Waals surface area contributed by atoms with Gasteiger partial charge in [0.15, 0.2) is 6.29 Å². The summed E-state index contributed by atoms with van der Waals surface area (Å²) in [6.45, 7) is 7.00. The van der Waals surface area contributed by atoms with E-state index in [2.05, 4.69) is 26.6 Å². The highest BCUT2D eigenvalue weighted by molar-refractivity contribution is 6.20. The molecular weight excluding hydrogens is 1390 g/mol. The summed E-state index contributed by atoms with van der Waals surface area (Å²) in [6.07, 6.45) is -8.90. The van der Waals surface area contributed by atoms with Crippen LogP contribution in [0.5, 0.6) is 11.5 Å². The second-order valence-electron chi connectivity index (χ2n) is 28.4. The SMILES string of the molecule is CC(=O)N[C@@H](CCCCN)C(=O)N[C@H](C(=O)NC(CCCNC(N)=O)C(=O)Nc1ccc(COC(=O)N(C)CCN(C)C(=O)Oc2cc3c(c4ccccc24)[C@H](CCl)CN3C(=O)C23CC(C(=O)N4C[C@@H](CCl)c5c4cc(O[C@@H]4O[C@H]([C@@H](C)C(O)O)[C@@H](O)[C@H](O)[C@H]4O)c4ccccc54)(C2)C3)cc1)C(C)C. The molecule has 11 rings (SSSR count). The van der Waals surface area contributed by atoms with Crippen LogP contribution in [0, 0.1) is 22.7 Å². The van der Waals surface area contributed by atoms with Gasteiger partial charge in [0.25, 0.3) is 0 Å². The van der Waals surface area contributed by atoms with E-state index in [9.17, 15) is 59.1 Å². The second-order valence-corrected chi connectivity index (χ2v) is 29.0. The molecule has 562 valence electrons. The van der Waals surface area contributed by atoms with Crippen molar-refractivity contribution < 1.29 is 87.6 Å². The predicted octanol–water partition coefficient (Wildman–Crippen LogP) is 4.68. The molecule has 1 unspecified atom stereocenters. The van der Waals surface area contributed by atoms with Crippen molar-refractivity contribution in [1.29, 1.82) is 0 Å². The molecule has 0 radical (unpaired) electrons. The third kappa shape index (κ3) is 16.5. The third-order valence-electron chi connectivity index (χ3n) is 20.6. The highest BCUT2D eigenvalue weighted by Gasteiger charge is 2.76. The van der Waals surface area contributed by atoms with Gasteiger partial charge in [-0.3, -0.25) is 28.8 Å². The molecule has 1 saturated heterocycles. The molecule has 4 fully saturated rings. The fourth-order valence-electron chi connectivity index (χ4n) is 14.8. The zero-order valence-corrected chi connectivity index (χ0v) is 60.4. The van der Waals surface area contributed by atoms with Crippen molar-refractivity contribution >= 4 is 115 Å². The number of carbonyl (C=O) groups excluding carboxylic acids is 9. The summed E-state index contributed by atoms with van der Waals surface area (Å²) in [7, 11) is 3.02. The van der Waals surface area contributed by atoms with Crippen LogP contribution < -0.4 is 57.3 Å².